The summed E-state index contributed by atoms with van der Waals surface area (Å²) in [5.41, 5.74) is 7.00. The Morgan fingerprint density at radius 2 is 1.94 bits per heavy atom. The number of rotatable bonds is 7. The molecule has 96 valence electrons. The summed E-state index contributed by atoms with van der Waals surface area (Å²) in [6.07, 6.45) is 0.997. The number of ether oxygens (including phenoxy) is 1. The molecule has 0 heterocycles. The molecule has 0 saturated carbocycles. The molecule has 2 N–H and O–H groups in total. The molecule has 1 aromatic carbocycles. The molecule has 0 radical (unpaired) electrons. The monoisotopic (exact) mass is 255 g/mol. The third-order valence-electron chi connectivity index (χ3n) is 2.47. The van der Waals surface area contributed by atoms with E-state index in [1.807, 2.05) is 31.2 Å². The SMILES string of the molecule is CCCOc1ccc(C(N)CS(=O)CC)cc1. The van der Waals surface area contributed by atoms with Gasteiger partial charge in [-0.2, -0.15) is 0 Å². The van der Waals surface area contributed by atoms with Gasteiger partial charge in [-0.1, -0.05) is 26.0 Å². The second kappa shape index (κ2) is 7.45. The fraction of sp³-hybridized carbons (Fsp3) is 0.538. The molecule has 0 aliphatic rings. The van der Waals surface area contributed by atoms with Gasteiger partial charge in [-0.25, -0.2) is 0 Å². The molecule has 0 bridgehead atoms. The standard InChI is InChI=1S/C13H21NO2S/c1-3-9-16-12-7-5-11(6-8-12)13(14)10-17(15)4-2/h5-8,13H,3-4,9-10,14H2,1-2H3. The maximum absolute atomic E-state index is 11.4. The van der Waals surface area contributed by atoms with Crippen LogP contribution < -0.4 is 10.5 Å². The summed E-state index contributed by atoms with van der Waals surface area (Å²) in [4.78, 5) is 0. The lowest BCUT2D eigenvalue weighted by Gasteiger charge is -2.12. The van der Waals surface area contributed by atoms with Crippen LogP contribution in [-0.2, 0) is 10.8 Å². The van der Waals surface area contributed by atoms with Gasteiger partial charge in [-0.15, -0.1) is 0 Å². The van der Waals surface area contributed by atoms with Gasteiger partial charge >= 0.3 is 0 Å². The summed E-state index contributed by atoms with van der Waals surface area (Å²) in [6, 6.07) is 7.57. The molecule has 0 spiro atoms. The van der Waals surface area contributed by atoms with E-state index in [1.54, 1.807) is 0 Å². The van der Waals surface area contributed by atoms with E-state index in [0.717, 1.165) is 24.3 Å². The van der Waals surface area contributed by atoms with E-state index in [2.05, 4.69) is 6.92 Å². The van der Waals surface area contributed by atoms with Gasteiger partial charge in [-0.3, -0.25) is 4.21 Å². The lowest BCUT2D eigenvalue weighted by molar-refractivity contribution is 0.317. The molecular weight excluding hydrogens is 234 g/mol. The van der Waals surface area contributed by atoms with Crippen LogP contribution in [0.25, 0.3) is 0 Å². The quantitative estimate of drug-likeness (QED) is 0.813. The van der Waals surface area contributed by atoms with Gasteiger partial charge in [0.25, 0.3) is 0 Å². The molecule has 0 amide bonds. The van der Waals surface area contributed by atoms with Crippen molar-refractivity contribution >= 4 is 10.8 Å². The fourth-order valence-corrected chi connectivity index (χ4v) is 2.27. The van der Waals surface area contributed by atoms with Gasteiger partial charge in [0.15, 0.2) is 0 Å². The second-order valence-electron chi connectivity index (χ2n) is 3.92. The normalized spacial score (nSPS) is 14.3. The molecule has 2 unspecified atom stereocenters. The maximum Gasteiger partial charge on any atom is 0.119 e. The van der Waals surface area contributed by atoms with Crippen molar-refractivity contribution in [3.05, 3.63) is 29.8 Å². The van der Waals surface area contributed by atoms with Gasteiger partial charge in [0.05, 0.1) is 6.61 Å². The van der Waals surface area contributed by atoms with Crippen LogP contribution in [0.15, 0.2) is 24.3 Å². The van der Waals surface area contributed by atoms with Crippen LogP contribution in [0.5, 0.6) is 5.75 Å². The first-order valence-electron chi connectivity index (χ1n) is 6.00. The van der Waals surface area contributed by atoms with Crippen LogP contribution in [0.1, 0.15) is 31.9 Å². The third-order valence-corrected chi connectivity index (χ3v) is 3.84. The molecule has 3 nitrogen and oxygen atoms in total. The van der Waals surface area contributed by atoms with E-state index in [0.29, 0.717) is 11.5 Å². The summed E-state index contributed by atoms with van der Waals surface area (Å²) >= 11 is 0. The first-order chi connectivity index (χ1) is 8.17. The zero-order valence-electron chi connectivity index (χ0n) is 10.5. The first-order valence-corrected chi connectivity index (χ1v) is 7.49. The summed E-state index contributed by atoms with van der Waals surface area (Å²) in [5, 5.41) is 0. The minimum atomic E-state index is -0.824. The summed E-state index contributed by atoms with van der Waals surface area (Å²) < 4.78 is 16.9. The topological polar surface area (TPSA) is 52.3 Å². The van der Waals surface area contributed by atoms with Gasteiger partial charge in [0, 0.05) is 28.3 Å². The van der Waals surface area contributed by atoms with E-state index < -0.39 is 10.8 Å². The van der Waals surface area contributed by atoms with Crippen LogP contribution in [0, 0.1) is 0 Å². The minimum Gasteiger partial charge on any atom is -0.494 e. The average molecular weight is 255 g/mol. The van der Waals surface area contributed by atoms with Crippen molar-refractivity contribution in [3.63, 3.8) is 0 Å². The second-order valence-corrected chi connectivity index (χ2v) is 5.71. The number of hydrogen-bond donors (Lipinski definition) is 1. The maximum atomic E-state index is 11.4. The minimum absolute atomic E-state index is 0.156. The van der Waals surface area contributed by atoms with E-state index >= 15 is 0 Å². The predicted octanol–water partition coefficient (Wildman–Crippen LogP) is 2.24. The van der Waals surface area contributed by atoms with E-state index in [9.17, 15) is 4.21 Å². The molecular formula is C13H21NO2S. The zero-order chi connectivity index (χ0) is 12.7. The number of nitrogens with two attached hydrogens (primary N) is 1. The van der Waals surface area contributed by atoms with Gasteiger partial charge < -0.3 is 10.5 Å². The highest BCUT2D eigenvalue weighted by Gasteiger charge is 2.09. The molecule has 0 saturated heterocycles. The van der Waals surface area contributed by atoms with Crippen LogP contribution >= 0.6 is 0 Å². The Balaban J connectivity index is 2.57. The van der Waals surface area contributed by atoms with E-state index in [4.69, 9.17) is 10.5 Å². The average Bonchev–Trinajstić information content (AvgIpc) is 2.36. The van der Waals surface area contributed by atoms with Crippen molar-refractivity contribution in [2.45, 2.75) is 26.3 Å². The van der Waals surface area contributed by atoms with Crippen molar-refractivity contribution in [1.29, 1.82) is 0 Å². The number of benzene rings is 1. The molecule has 0 aromatic heterocycles. The predicted molar refractivity (Wildman–Crippen MR) is 72.7 cm³/mol. The molecule has 1 rings (SSSR count). The highest BCUT2D eigenvalue weighted by atomic mass is 32.2. The van der Waals surface area contributed by atoms with Crippen molar-refractivity contribution < 1.29 is 8.95 Å². The molecule has 4 heteroatoms. The Morgan fingerprint density at radius 1 is 1.29 bits per heavy atom. The van der Waals surface area contributed by atoms with Crippen LogP contribution in [0.4, 0.5) is 0 Å². The van der Waals surface area contributed by atoms with Gasteiger partial charge in [-0.05, 0) is 24.1 Å². The summed E-state index contributed by atoms with van der Waals surface area (Å²) in [5.74, 6) is 2.04. The largest absolute Gasteiger partial charge is 0.494 e. The Morgan fingerprint density at radius 3 is 2.47 bits per heavy atom. The van der Waals surface area contributed by atoms with Crippen molar-refractivity contribution in [1.82, 2.24) is 0 Å². The molecule has 0 aliphatic heterocycles. The highest BCUT2D eigenvalue weighted by Crippen LogP contribution is 2.17. The smallest absolute Gasteiger partial charge is 0.119 e. The Hall–Kier alpha value is -0.870. The zero-order valence-corrected chi connectivity index (χ0v) is 11.3. The number of hydrogen-bond acceptors (Lipinski definition) is 3. The van der Waals surface area contributed by atoms with E-state index in [1.165, 1.54) is 0 Å². The third kappa shape index (κ3) is 4.88. The summed E-state index contributed by atoms with van der Waals surface area (Å²) in [7, 11) is -0.824. The van der Waals surface area contributed by atoms with Crippen LogP contribution in [0.3, 0.4) is 0 Å². The van der Waals surface area contributed by atoms with E-state index in [-0.39, 0.29) is 6.04 Å². The van der Waals surface area contributed by atoms with Gasteiger partial charge in [0.1, 0.15) is 5.75 Å². The molecule has 0 aliphatic carbocycles. The molecule has 17 heavy (non-hydrogen) atoms. The van der Waals surface area contributed by atoms with Crippen LogP contribution in [-0.4, -0.2) is 22.3 Å². The lowest BCUT2D eigenvalue weighted by Crippen LogP contribution is -2.19. The fourth-order valence-electron chi connectivity index (χ4n) is 1.45. The Kier molecular flexibility index (Phi) is 6.22. The summed E-state index contributed by atoms with van der Waals surface area (Å²) in [6.45, 7) is 4.71. The Labute approximate surface area is 106 Å². The first kappa shape index (κ1) is 14.2. The molecule has 2 atom stereocenters. The van der Waals surface area contributed by atoms with Crippen LogP contribution in [0.2, 0.25) is 0 Å². The van der Waals surface area contributed by atoms with Crippen molar-refractivity contribution in [3.8, 4) is 5.75 Å². The molecule has 0 fully saturated rings. The highest BCUT2D eigenvalue weighted by molar-refractivity contribution is 7.84. The van der Waals surface area contributed by atoms with Crippen molar-refractivity contribution in [2.75, 3.05) is 18.1 Å². The van der Waals surface area contributed by atoms with Gasteiger partial charge in [0.2, 0.25) is 0 Å². The molecule has 1 aromatic rings. The van der Waals surface area contributed by atoms with Crippen molar-refractivity contribution in [2.24, 2.45) is 5.73 Å². The Bertz CT molecular complexity index is 351. The lowest BCUT2D eigenvalue weighted by atomic mass is 10.1.